The number of aliphatic carboxylic acids is 1. The van der Waals surface area contributed by atoms with Crippen LogP contribution in [0.15, 0.2) is 24.5 Å². The molecular weight excluding hydrogens is 292 g/mol. The second-order valence-electron chi connectivity index (χ2n) is 4.76. The first kappa shape index (κ1) is 15.8. The van der Waals surface area contributed by atoms with Gasteiger partial charge in [0.05, 0.1) is 6.61 Å². The number of carbonyl (C=O) groups excluding carboxylic acids is 1. The van der Waals surface area contributed by atoms with Crippen molar-refractivity contribution in [1.29, 1.82) is 0 Å². The minimum absolute atomic E-state index is 0.299. The van der Waals surface area contributed by atoms with Crippen LogP contribution >= 0.6 is 11.8 Å². The number of rotatable bonds is 6. The van der Waals surface area contributed by atoms with Gasteiger partial charge in [-0.25, -0.2) is 4.79 Å². The monoisotopic (exact) mass is 310 g/mol. The van der Waals surface area contributed by atoms with Gasteiger partial charge in [0, 0.05) is 23.7 Å². The molecule has 21 heavy (non-hydrogen) atoms. The van der Waals surface area contributed by atoms with E-state index in [9.17, 15) is 9.59 Å². The Kier molecular flexibility index (Phi) is 5.19. The molecule has 1 aliphatic rings. The highest BCUT2D eigenvalue weighted by atomic mass is 32.2. The average molecular weight is 310 g/mol. The van der Waals surface area contributed by atoms with Gasteiger partial charge in [-0.15, -0.1) is 11.8 Å². The van der Waals surface area contributed by atoms with Gasteiger partial charge in [0.15, 0.2) is 4.87 Å². The Balaban J connectivity index is 2.24. The number of aromatic nitrogens is 1. The van der Waals surface area contributed by atoms with Crippen molar-refractivity contribution in [2.24, 2.45) is 0 Å². The van der Waals surface area contributed by atoms with Gasteiger partial charge < -0.3 is 9.84 Å². The number of pyridine rings is 1. The summed E-state index contributed by atoms with van der Waals surface area (Å²) in [5, 5.41) is 12.0. The zero-order chi connectivity index (χ0) is 15.3. The van der Waals surface area contributed by atoms with Crippen molar-refractivity contribution < 1.29 is 19.4 Å². The van der Waals surface area contributed by atoms with Crippen LogP contribution in [0.3, 0.4) is 0 Å². The SMILES string of the molecule is CCCCOC(=O)C1(c2cccnc2)NC(C(=O)O)CS1. The average Bonchev–Trinajstić information content (AvgIpc) is 2.95. The first-order chi connectivity index (χ1) is 10.1. The number of thioether (sulfide) groups is 1. The van der Waals surface area contributed by atoms with E-state index in [0.29, 0.717) is 17.9 Å². The van der Waals surface area contributed by atoms with E-state index in [1.165, 1.54) is 11.8 Å². The fraction of sp³-hybridized carbons (Fsp3) is 0.500. The maximum Gasteiger partial charge on any atom is 0.341 e. The molecule has 114 valence electrons. The van der Waals surface area contributed by atoms with Gasteiger partial charge in [-0.3, -0.25) is 15.1 Å². The number of carboxylic acids is 1. The van der Waals surface area contributed by atoms with Crippen molar-refractivity contribution in [1.82, 2.24) is 10.3 Å². The molecule has 0 radical (unpaired) electrons. The van der Waals surface area contributed by atoms with Crippen LogP contribution in [-0.2, 0) is 19.2 Å². The summed E-state index contributed by atoms with van der Waals surface area (Å²) in [5.41, 5.74) is 0.611. The highest BCUT2D eigenvalue weighted by Gasteiger charge is 2.50. The molecule has 0 bridgehead atoms. The number of carbonyl (C=O) groups is 2. The van der Waals surface area contributed by atoms with Crippen LogP contribution in [0.4, 0.5) is 0 Å². The molecule has 7 heteroatoms. The molecule has 2 unspecified atom stereocenters. The Morgan fingerprint density at radius 3 is 3.00 bits per heavy atom. The molecule has 2 atom stereocenters. The topological polar surface area (TPSA) is 88.5 Å². The summed E-state index contributed by atoms with van der Waals surface area (Å²) in [7, 11) is 0. The minimum atomic E-state index is -1.19. The van der Waals surface area contributed by atoms with Crippen molar-refractivity contribution in [3.63, 3.8) is 0 Å². The molecule has 6 nitrogen and oxygen atoms in total. The van der Waals surface area contributed by atoms with E-state index in [2.05, 4.69) is 10.3 Å². The second kappa shape index (κ2) is 6.91. The molecule has 1 saturated heterocycles. The molecule has 1 aromatic heterocycles. The molecule has 2 heterocycles. The number of unbranched alkanes of at least 4 members (excludes halogenated alkanes) is 1. The lowest BCUT2D eigenvalue weighted by Crippen LogP contribution is -2.49. The van der Waals surface area contributed by atoms with Crippen molar-refractivity contribution >= 4 is 23.7 Å². The van der Waals surface area contributed by atoms with Crippen LogP contribution in [0.1, 0.15) is 25.3 Å². The molecule has 0 amide bonds. The molecule has 2 rings (SSSR count). The van der Waals surface area contributed by atoms with Gasteiger partial charge in [0.25, 0.3) is 0 Å². The Bertz CT molecular complexity index is 511. The van der Waals surface area contributed by atoms with Crippen LogP contribution < -0.4 is 5.32 Å². The third-order valence-electron chi connectivity index (χ3n) is 3.23. The number of esters is 1. The van der Waals surface area contributed by atoms with Gasteiger partial charge in [0.2, 0.25) is 0 Å². The summed E-state index contributed by atoms with van der Waals surface area (Å²) in [5.74, 6) is -1.14. The lowest BCUT2D eigenvalue weighted by atomic mass is 10.1. The molecule has 2 N–H and O–H groups in total. The van der Waals surface area contributed by atoms with Gasteiger partial charge in [-0.2, -0.15) is 0 Å². The predicted molar refractivity (Wildman–Crippen MR) is 78.8 cm³/mol. The number of carboxylic acid groups (broad SMARTS) is 1. The van der Waals surface area contributed by atoms with E-state index >= 15 is 0 Å². The first-order valence-electron chi connectivity index (χ1n) is 6.82. The smallest absolute Gasteiger partial charge is 0.341 e. The molecule has 0 saturated carbocycles. The summed E-state index contributed by atoms with van der Waals surface area (Å²) in [4.78, 5) is 26.5. The fourth-order valence-electron chi connectivity index (χ4n) is 2.05. The molecular formula is C14H18N2O4S. The van der Waals surface area contributed by atoms with Gasteiger partial charge >= 0.3 is 11.9 Å². The van der Waals surface area contributed by atoms with E-state index < -0.39 is 22.9 Å². The highest BCUT2D eigenvalue weighted by molar-refractivity contribution is 8.01. The second-order valence-corrected chi connectivity index (χ2v) is 5.99. The summed E-state index contributed by atoms with van der Waals surface area (Å²) in [6.07, 6.45) is 4.87. The number of nitrogens with one attached hydrogen (secondary N) is 1. The molecule has 0 aliphatic carbocycles. The first-order valence-corrected chi connectivity index (χ1v) is 7.81. The van der Waals surface area contributed by atoms with E-state index in [1.807, 2.05) is 6.92 Å². The number of ether oxygens (including phenoxy) is 1. The molecule has 0 spiro atoms. The van der Waals surface area contributed by atoms with Crippen LogP contribution in [0.2, 0.25) is 0 Å². The number of hydrogen-bond acceptors (Lipinski definition) is 6. The summed E-state index contributed by atoms with van der Waals surface area (Å²) in [6.45, 7) is 2.34. The van der Waals surface area contributed by atoms with Crippen molar-refractivity contribution in [3.05, 3.63) is 30.1 Å². The minimum Gasteiger partial charge on any atom is -0.480 e. The Hall–Kier alpha value is -1.60. The standard InChI is InChI=1S/C14H18N2O4S/c1-2-3-7-20-13(19)14(10-5-4-6-15-8-10)16-11(9-21-14)12(17)18/h4-6,8,11,16H,2-3,7,9H2,1H3,(H,17,18). The Morgan fingerprint density at radius 2 is 2.43 bits per heavy atom. The lowest BCUT2D eigenvalue weighted by molar-refractivity contribution is -0.148. The predicted octanol–water partition coefficient (Wildman–Crippen LogP) is 1.37. The zero-order valence-electron chi connectivity index (χ0n) is 11.7. The number of nitrogens with zero attached hydrogens (tertiary/aromatic N) is 1. The van der Waals surface area contributed by atoms with E-state index in [-0.39, 0.29) is 0 Å². The summed E-state index contributed by atoms with van der Waals surface area (Å²) < 4.78 is 5.31. The van der Waals surface area contributed by atoms with E-state index in [0.717, 1.165) is 12.8 Å². The van der Waals surface area contributed by atoms with Crippen LogP contribution in [0.5, 0.6) is 0 Å². The van der Waals surface area contributed by atoms with Gasteiger partial charge in [0.1, 0.15) is 6.04 Å². The fourth-order valence-corrected chi connectivity index (χ4v) is 3.39. The third-order valence-corrected chi connectivity index (χ3v) is 4.68. The maximum atomic E-state index is 12.5. The van der Waals surface area contributed by atoms with Crippen LogP contribution in [0, 0.1) is 0 Å². The van der Waals surface area contributed by atoms with Crippen molar-refractivity contribution in [3.8, 4) is 0 Å². The molecule has 1 aromatic rings. The Labute approximate surface area is 127 Å². The normalized spacial score (nSPS) is 24.7. The van der Waals surface area contributed by atoms with Crippen LogP contribution in [0.25, 0.3) is 0 Å². The van der Waals surface area contributed by atoms with Crippen LogP contribution in [-0.4, -0.2) is 40.4 Å². The zero-order valence-corrected chi connectivity index (χ0v) is 12.6. The largest absolute Gasteiger partial charge is 0.480 e. The van der Waals surface area contributed by atoms with E-state index in [4.69, 9.17) is 9.84 Å². The quantitative estimate of drug-likeness (QED) is 0.606. The highest BCUT2D eigenvalue weighted by Crippen LogP contribution is 2.40. The lowest BCUT2D eigenvalue weighted by Gasteiger charge is -2.27. The van der Waals surface area contributed by atoms with Gasteiger partial charge in [-0.1, -0.05) is 19.4 Å². The van der Waals surface area contributed by atoms with Gasteiger partial charge in [-0.05, 0) is 12.5 Å². The Morgan fingerprint density at radius 1 is 1.62 bits per heavy atom. The summed E-state index contributed by atoms with van der Waals surface area (Å²) in [6, 6.07) is 2.68. The molecule has 0 aromatic carbocycles. The van der Waals surface area contributed by atoms with Crippen molar-refractivity contribution in [2.75, 3.05) is 12.4 Å². The van der Waals surface area contributed by atoms with E-state index in [1.54, 1.807) is 24.5 Å². The third kappa shape index (κ3) is 3.36. The summed E-state index contributed by atoms with van der Waals surface area (Å²) >= 11 is 1.24. The number of hydrogen-bond donors (Lipinski definition) is 2. The van der Waals surface area contributed by atoms with Crippen molar-refractivity contribution in [2.45, 2.75) is 30.7 Å². The molecule has 1 aliphatic heterocycles. The maximum absolute atomic E-state index is 12.5. The molecule has 1 fully saturated rings.